The molecule has 10 heteroatoms. The molecule has 0 atom stereocenters. The van der Waals surface area contributed by atoms with E-state index < -0.39 is 10.0 Å². The Kier molecular flexibility index (Phi) is 7.95. The van der Waals surface area contributed by atoms with Gasteiger partial charge in [-0.3, -0.25) is 9.52 Å². The van der Waals surface area contributed by atoms with Crippen molar-refractivity contribution in [1.82, 2.24) is 5.16 Å². The number of rotatable bonds is 10. The molecule has 0 fully saturated rings. The molecule has 0 unspecified atom stereocenters. The third-order valence-electron chi connectivity index (χ3n) is 4.61. The van der Waals surface area contributed by atoms with Gasteiger partial charge in [-0.15, -0.1) is 0 Å². The van der Waals surface area contributed by atoms with Gasteiger partial charge < -0.3 is 19.3 Å². The number of carbonyl (C=O) groups excluding carboxylic acids is 1. The van der Waals surface area contributed by atoms with Crippen LogP contribution in [0.3, 0.4) is 0 Å². The summed E-state index contributed by atoms with van der Waals surface area (Å²) in [5.41, 5.74) is 2.08. The third-order valence-corrected chi connectivity index (χ3v) is 6.00. The number of aromatic nitrogens is 1. The first-order chi connectivity index (χ1) is 16.2. The van der Waals surface area contributed by atoms with E-state index >= 15 is 0 Å². The van der Waals surface area contributed by atoms with Gasteiger partial charge >= 0.3 is 0 Å². The Morgan fingerprint density at radius 1 is 1.06 bits per heavy atom. The molecule has 3 aromatic rings. The Morgan fingerprint density at radius 2 is 1.76 bits per heavy atom. The molecule has 9 nitrogen and oxygen atoms in total. The minimum atomic E-state index is -3.87. The number of nitrogens with zero attached hydrogens (tertiary/aromatic N) is 1. The Hall–Kier alpha value is -3.79. The Morgan fingerprint density at radius 3 is 2.41 bits per heavy atom. The molecule has 1 heterocycles. The molecule has 0 bridgehead atoms. The number of carbonyl (C=O) groups is 1. The molecule has 0 saturated carbocycles. The maximum Gasteiger partial charge on any atom is 0.262 e. The van der Waals surface area contributed by atoms with Gasteiger partial charge in [0.15, 0.2) is 5.76 Å². The second kappa shape index (κ2) is 10.9. The smallest absolute Gasteiger partial charge is 0.262 e. The summed E-state index contributed by atoms with van der Waals surface area (Å²) in [4.78, 5) is 11.5. The molecule has 0 saturated heterocycles. The highest BCUT2D eigenvalue weighted by Crippen LogP contribution is 2.31. The molecule has 0 radical (unpaired) electrons. The van der Waals surface area contributed by atoms with Crippen LogP contribution < -0.4 is 19.5 Å². The lowest BCUT2D eigenvalue weighted by Crippen LogP contribution is -2.14. The summed E-state index contributed by atoms with van der Waals surface area (Å²) < 4.78 is 44.8. The van der Waals surface area contributed by atoms with Crippen molar-refractivity contribution in [2.45, 2.75) is 32.6 Å². The van der Waals surface area contributed by atoms with E-state index in [1.807, 2.05) is 13.8 Å². The highest BCUT2D eigenvalue weighted by atomic mass is 32.2. The average Bonchev–Trinajstić information content (AvgIpc) is 3.13. The number of hydrogen-bond acceptors (Lipinski definition) is 7. The summed E-state index contributed by atoms with van der Waals surface area (Å²) in [5, 5.41) is 6.54. The van der Waals surface area contributed by atoms with Crippen LogP contribution in [-0.2, 0) is 14.8 Å². The maximum absolute atomic E-state index is 13.0. The predicted molar refractivity (Wildman–Crippen MR) is 131 cm³/mol. The van der Waals surface area contributed by atoms with Crippen molar-refractivity contribution in [2.75, 3.05) is 23.3 Å². The molecule has 3 rings (SSSR count). The SMILES string of the molecule is CCOc1ccc(OCC)c(NS(=O)(=O)c2ccc(C=Cc3onc(C)c3NC(C)=O)cc2)c1. The third kappa shape index (κ3) is 6.16. The van der Waals surface area contributed by atoms with E-state index in [1.165, 1.54) is 19.1 Å². The standard InChI is InChI=1S/C24H27N3O6S/c1-5-31-19-10-14-22(32-6-2)21(15-19)27-34(29,30)20-11-7-18(8-12-20)9-13-23-24(25-17(4)28)16(3)26-33-23/h7-15,27H,5-6H2,1-4H3,(H,25,28). The van der Waals surface area contributed by atoms with E-state index in [9.17, 15) is 13.2 Å². The summed E-state index contributed by atoms with van der Waals surface area (Å²) in [7, 11) is -3.87. The lowest BCUT2D eigenvalue weighted by molar-refractivity contribution is -0.114. The van der Waals surface area contributed by atoms with Crippen molar-refractivity contribution in [1.29, 1.82) is 0 Å². The minimum absolute atomic E-state index is 0.0864. The van der Waals surface area contributed by atoms with Gasteiger partial charge in [-0.1, -0.05) is 23.4 Å². The predicted octanol–water partition coefficient (Wildman–Crippen LogP) is 4.71. The van der Waals surface area contributed by atoms with Gasteiger partial charge in [-0.05, 0) is 56.7 Å². The van der Waals surface area contributed by atoms with Crippen LogP contribution in [-0.4, -0.2) is 32.7 Å². The maximum atomic E-state index is 13.0. The number of amides is 1. The largest absolute Gasteiger partial charge is 0.494 e. The van der Waals surface area contributed by atoms with Crippen molar-refractivity contribution in [3.8, 4) is 11.5 Å². The molecular weight excluding hydrogens is 458 g/mol. The van der Waals surface area contributed by atoms with Crippen LogP contribution >= 0.6 is 0 Å². The number of ether oxygens (including phenoxy) is 2. The quantitative estimate of drug-likeness (QED) is 0.427. The van der Waals surface area contributed by atoms with Crippen molar-refractivity contribution < 1.29 is 27.2 Å². The fourth-order valence-electron chi connectivity index (χ4n) is 3.09. The first-order valence-electron chi connectivity index (χ1n) is 10.7. The zero-order valence-electron chi connectivity index (χ0n) is 19.4. The molecule has 180 valence electrons. The molecule has 34 heavy (non-hydrogen) atoms. The highest BCUT2D eigenvalue weighted by Gasteiger charge is 2.18. The first kappa shape index (κ1) is 24.8. The van der Waals surface area contributed by atoms with Crippen LogP contribution in [0.5, 0.6) is 11.5 Å². The van der Waals surface area contributed by atoms with Crippen LogP contribution in [0.15, 0.2) is 51.9 Å². The molecule has 0 aliphatic carbocycles. The molecule has 0 spiro atoms. The monoisotopic (exact) mass is 485 g/mol. The molecule has 0 aliphatic heterocycles. The fraction of sp³-hybridized carbons (Fsp3) is 0.250. The lowest BCUT2D eigenvalue weighted by atomic mass is 10.2. The summed E-state index contributed by atoms with van der Waals surface area (Å²) in [5.74, 6) is 1.10. The fourth-order valence-corrected chi connectivity index (χ4v) is 4.15. The molecule has 1 aromatic heterocycles. The van der Waals surface area contributed by atoms with Crippen LogP contribution in [0, 0.1) is 6.92 Å². The Labute approximate surface area is 198 Å². The normalized spacial score (nSPS) is 11.4. The number of sulfonamides is 1. The van der Waals surface area contributed by atoms with E-state index in [4.69, 9.17) is 14.0 Å². The van der Waals surface area contributed by atoms with Gasteiger partial charge in [-0.25, -0.2) is 8.42 Å². The zero-order valence-corrected chi connectivity index (χ0v) is 20.2. The summed E-state index contributed by atoms with van der Waals surface area (Å²) in [6.07, 6.45) is 3.38. The highest BCUT2D eigenvalue weighted by molar-refractivity contribution is 7.92. The Balaban J connectivity index is 1.80. The van der Waals surface area contributed by atoms with Gasteiger partial charge in [0, 0.05) is 13.0 Å². The van der Waals surface area contributed by atoms with Crippen molar-refractivity contribution >= 4 is 39.5 Å². The van der Waals surface area contributed by atoms with E-state index in [0.29, 0.717) is 47.5 Å². The number of hydrogen-bond donors (Lipinski definition) is 2. The van der Waals surface area contributed by atoms with Gasteiger partial charge in [0.1, 0.15) is 22.9 Å². The zero-order chi connectivity index (χ0) is 24.7. The summed E-state index contributed by atoms with van der Waals surface area (Å²) in [6.45, 7) is 7.63. The number of benzene rings is 2. The molecular formula is C24H27N3O6S. The minimum Gasteiger partial charge on any atom is -0.494 e. The molecule has 2 aromatic carbocycles. The van der Waals surface area contributed by atoms with Gasteiger partial charge in [0.2, 0.25) is 5.91 Å². The van der Waals surface area contributed by atoms with E-state index in [1.54, 1.807) is 49.4 Å². The number of aryl methyl sites for hydroxylation is 1. The Bertz CT molecular complexity index is 1280. The second-order valence-electron chi connectivity index (χ2n) is 7.22. The van der Waals surface area contributed by atoms with Crippen LogP contribution in [0.4, 0.5) is 11.4 Å². The van der Waals surface area contributed by atoms with E-state index in [2.05, 4.69) is 15.2 Å². The van der Waals surface area contributed by atoms with E-state index in [-0.39, 0.29) is 10.8 Å². The molecule has 2 N–H and O–H groups in total. The van der Waals surface area contributed by atoms with Crippen LogP contribution in [0.2, 0.25) is 0 Å². The average molecular weight is 486 g/mol. The van der Waals surface area contributed by atoms with Crippen molar-refractivity contribution in [3.63, 3.8) is 0 Å². The molecule has 1 amide bonds. The lowest BCUT2D eigenvalue weighted by Gasteiger charge is -2.14. The molecule has 0 aliphatic rings. The van der Waals surface area contributed by atoms with E-state index in [0.717, 1.165) is 5.56 Å². The number of anilines is 2. The summed E-state index contributed by atoms with van der Waals surface area (Å²) in [6, 6.07) is 11.3. The van der Waals surface area contributed by atoms with Gasteiger partial charge in [0.25, 0.3) is 10.0 Å². The van der Waals surface area contributed by atoms with Crippen molar-refractivity contribution in [2.24, 2.45) is 0 Å². The summed E-state index contributed by atoms with van der Waals surface area (Å²) >= 11 is 0. The van der Waals surface area contributed by atoms with Crippen LogP contribution in [0.1, 0.15) is 37.8 Å². The topological polar surface area (TPSA) is 120 Å². The van der Waals surface area contributed by atoms with Crippen molar-refractivity contribution in [3.05, 3.63) is 59.5 Å². The first-order valence-corrected chi connectivity index (χ1v) is 12.2. The second-order valence-corrected chi connectivity index (χ2v) is 8.90. The van der Waals surface area contributed by atoms with Gasteiger partial charge in [0.05, 0.1) is 23.8 Å². The number of nitrogens with one attached hydrogen (secondary N) is 2. The van der Waals surface area contributed by atoms with Gasteiger partial charge in [-0.2, -0.15) is 0 Å². The van der Waals surface area contributed by atoms with Crippen LogP contribution in [0.25, 0.3) is 12.2 Å².